The third-order valence-electron chi connectivity index (χ3n) is 16.6. The predicted octanol–water partition coefficient (Wildman–Crippen LogP) is 3.91. The second kappa shape index (κ2) is 27.6. The molecule has 0 unspecified atom stereocenters. The largest absolute Gasteiger partial charge is 0.477 e. The number of nitrogens with zero attached hydrogens (tertiary/aromatic N) is 6. The molecule has 79 heavy (non-hydrogen) atoms. The number of aromatic carboxylic acids is 1. The number of cyclic esters (lactones) is 1. The summed E-state index contributed by atoms with van der Waals surface area (Å²) in [6.07, 6.45) is -6.65. The Hall–Kier alpha value is -4.35. The molecule has 22 heteroatoms. The maximum atomic E-state index is 14.7. The van der Waals surface area contributed by atoms with Crippen molar-refractivity contribution < 1.29 is 73.1 Å². The number of esters is 1. The fraction of sp³-hybridized carbons (Fsp3) is 0.772. The van der Waals surface area contributed by atoms with Crippen molar-refractivity contribution in [3.05, 3.63) is 45.7 Å². The normalized spacial score (nSPS) is 36.7. The molecule has 0 aliphatic carbocycles. The topological polar surface area (TPSA) is 277 Å². The van der Waals surface area contributed by atoms with Gasteiger partial charge in [-0.15, -0.1) is 0 Å². The molecule has 22 nitrogen and oxygen atoms in total. The lowest BCUT2D eigenvalue weighted by molar-refractivity contribution is -0.320. The molecular formula is C57H92N6O16. The molecule has 3 saturated heterocycles. The number of aliphatic hydroxyl groups is 4. The van der Waals surface area contributed by atoms with Crippen LogP contribution in [0.25, 0.3) is 10.9 Å². The number of pyridine rings is 1. The van der Waals surface area contributed by atoms with Crippen molar-refractivity contribution in [3.63, 3.8) is 0 Å². The van der Waals surface area contributed by atoms with Gasteiger partial charge in [0.25, 0.3) is 0 Å². The number of aromatic nitrogens is 1. The minimum Gasteiger partial charge on any atom is -0.477 e. The Labute approximate surface area is 466 Å². The van der Waals surface area contributed by atoms with Gasteiger partial charge in [-0.05, 0) is 119 Å². The van der Waals surface area contributed by atoms with Crippen LogP contribution in [0, 0.1) is 35.0 Å². The quantitative estimate of drug-likeness (QED) is 0.0758. The fourth-order valence-electron chi connectivity index (χ4n) is 12.0. The first-order valence-electron chi connectivity index (χ1n) is 27.7. The Morgan fingerprint density at radius 1 is 0.949 bits per heavy atom. The minimum absolute atomic E-state index is 0.0803. The van der Waals surface area contributed by atoms with Gasteiger partial charge in [0, 0.05) is 69.5 Å². The Balaban J connectivity index is 1.40. The van der Waals surface area contributed by atoms with E-state index in [4.69, 9.17) is 38.0 Å². The van der Waals surface area contributed by atoms with Gasteiger partial charge in [-0.3, -0.25) is 14.3 Å². The van der Waals surface area contributed by atoms with Crippen LogP contribution in [0.2, 0.25) is 0 Å². The van der Waals surface area contributed by atoms with E-state index in [1.807, 2.05) is 65.0 Å². The Bertz CT molecular complexity index is 2480. The van der Waals surface area contributed by atoms with Crippen molar-refractivity contribution in [2.75, 3.05) is 73.7 Å². The first kappa shape index (κ1) is 65.5. The first-order chi connectivity index (χ1) is 36.9. The number of likely N-dealkylation sites (N-methyl/N-ethyl adjacent to an activating group) is 2. The number of aryl methyl sites for hydroxylation is 1. The zero-order valence-corrected chi connectivity index (χ0v) is 49.5. The molecule has 18 atom stereocenters. The van der Waals surface area contributed by atoms with Gasteiger partial charge in [-0.2, -0.15) is 5.26 Å². The van der Waals surface area contributed by atoms with E-state index in [0.717, 1.165) is 12.0 Å². The Kier molecular flexibility index (Phi) is 22.9. The van der Waals surface area contributed by atoms with Gasteiger partial charge >= 0.3 is 11.9 Å². The minimum atomic E-state index is -2.02. The molecule has 5 N–H and O–H groups in total. The highest BCUT2D eigenvalue weighted by molar-refractivity contribution is 5.93. The maximum absolute atomic E-state index is 14.7. The van der Waals surface area contributed by atoms with Crippen LogP contribution < -0.4 is 10.4 Å². The molecule has 2 aromatic rings. The van der Waals surface area contributed by atoms with Crippen molar-refractivity contribution >= 4 is 28.6 Å². The number of fused-ring (bicyclic) bond motifs is 1. The number of carboxylic acid groups (broad SMARTS) is 1. The Morgan fingerprint density at radius 3 is 2.24 bits per heavy atom. The number of rotatable bonds is 19. The van der Waals surface area contributed by atoms with Gasteiger partial charge < -0.3 is 78.3 Å². The number of nitriles is 1. The number of methoxy groups -OCH3 is 1. The molecule has 0 amide bonds. The van der Waals surface area contributed by atoms with Crippen molar-refractivity contribution in [1.82, 2.24) is 14.5 Å². The average molecular weight is 1120 g/mol. The summed E-state index contributed by atoms with van der Waals surface area (Å²) in [5.74, 6) is -5.66. The summed E-state index contributed by atoms with van der Waals surface area (Å²) < 4.78 is 47.3. The maximum Gasteiger partial charge on any atom is 0.341 e. The molecular weight excluding hydrogens is 1020 g/mol. The SMILES string of the molecule is CC[C@H]1OC(=O)[C@H](C)[C@@H](O[C@H]2C[C@@](C)(OC)[C@@H](OCCN(C)CCCc3ccc4c(c3)c(=O)c(C(=O)O)cn4N(C)C)[C@H](C)O2)[C@H](C)[C@@H](O[C@@H]2O[C@H](C)C[C@H](N(C)C)[C@H]2O)[C@](C)(O)C[C@@H](C)/C(=N\OCC#N)[C@H](C)[C@@H](O)[C@]1(C)O. The number of carbonyl (C=O) groups is 2. The number of carbonyl (C=O) groups excluding carboxylic acids is 1. The van der Waals surface area contributed by atoms with E-state index in [2.05, 4.69) is 10.1 Å². The van der Waals surface area contributed by atoms with Crippen LogP contribution in [0.5, 0.6) is 0 Å². The van der Waals surface area contributed by atoms with Gasteiger partial charge in [-0.25, -0.2) is 4.79 Å². The first-order valence-corrected chi connectivity index (χ1v) is 27.7. The summed E-state index contributed by atoms with van der Waals surface area (Å²) in [5.41, 5.74) is -3.89. The lowest BCUT2D eigenvalue weighted by Crippen LogP contribution is -2.61. The highest BCUT2D eigenvalue weighted by Crippen LogP contribution is 2.42. The van der Waals surface area contributed by atoms with Crippen molar-refractivity contribution in [1.29, 1.82) is 5.26 Å². The van der Waals surface area contributed by atoms with E-state index in [9.17, 15) is 45.2 Å². The van der Waals surface area contributed by atoms with Crippen molar-refractivity contribution in [2.24, 2.45) is 28.8 Å². The number of benzene rings is 1. The molecule has 1 aromatic heterocycles. The summed E-state index contributed by atoms with van der Waals surface area (Å²) in [6, 6.07) is 7.08. The molecule has 0 bridgehead atoms. The third-order valence-corrected chi connectivity index (χ3v) is 16.6. The third kappa shape index (κ3) is 15.4. The van der Waals surface area contributed by atoms with Crippen LogP contribution in [0.4, 0.5) is 0 Å². The molecule has 446 valence electrons. The number of oxime groups is 1. The van der Waals surface area contributed by atoms with E-state index in [-0.39, 0.29) is 42.7 Å². The van der Waals surface area contributed by atoms with E-state index in [1.165, 1.54) is 13.1 Å². The van der Waals surface area contributed by atoms with Gasteiger partial charge in [0.05, 0.1) is 65.5 Å². The van der Waals surface area contributed by atoms with E-state index >= 15 is 0 Å². The molecule has 5 rings (SSSR count). The van der Waals surface area contributed by atoms with Crippen LogP contribution in [0.3, 0.4) is 0 Å². The molecule has 3 aliphatic heterocycles. The lowest BCUT2D eigenvalue weighted by atomic mass is 9.73. The number of ether oxygens (including phenoxy) is 7. The zero-order chi connectivity index (χ0) is 59.1. The molecule has 0 spiro atoms. The van der Waals surface area contributed by atoms with Crippen molar-refractivity contribution in [3.8, 4) is 6.07 Å². The molecule has 0 saturated carbocycles. The molecule has 3 aliphatic rings. The molecule has 3 fully saturated rings. The van der Waals surface area contributed by atoms with E-state index < -0.39 is 120 Å². The second-order valence-electron chi connectivity index (χ2n) is 23.5. The average Bonchev–Trinajstić information content (AvgIpc) is 3.43. The summed E-state index contributed by atoms with van der Waals surface area (Å²) in [4.78, 5) is 49.1. The highest BCUT2D eigenvalue weighted by Gasteiger charge is 2.54. The summed E-state index contributed by atoms with van der Waals surface area (Å²) >= 11 is 0. The number of hydrogen-bond acceptors (Lipinski definition) is 20. The molecule has 1 aromatic carbocycles. The standard InChI is InChI=1S/C57H92N6O16/c1-17-43-57(10,71)49(66)34(4)45(59-74-25-22-58)32(2)29-55(8,70)50(79-54-47(65)42(60(11)12)27-33(3)75-54)35(5)48(36(6)53(69)77-43)78-44-30-56(9,72-16)51(37(7)76-44)73-26-24-62(15)23-18-19-38-20-21-41-39(28-38)46(64)40(52(67)68)31-63(41)61(13)14/h20-21,28,31-37,42-44,47-51,54,65-66,70-71H,17-19,23-27,29-30H2,1-16H3,(H,67,68)/b59-45+/t32-,33-,34+,35+,36-,37+,42+,43-,44+,47-,48+,49-,50-,51+,54+,55-,56-,57-/m1/s1. The summed E-state index contributed by atoms with van der Waals surface area (Å²) in [5, 5.41) is 74.1. The smallest absolute Gasteiger partial charge is 0.341 e. The van der Waals surface area contributed by atoms with Crippen LogP contribution in [-0.2, 0) is 49.2 Å². The van der Waals surface area contributed by atoms with Crippen LogP contribution in [0.1, 0.15) is 117 Å². The number of aliphatic hydroxyl groups excluding tert-OH is 2. The molecule has 4 heterocycles. The monoisotopic (exact) mass is 1120 g/mol. The summed E-state index contributed by atoms with van der Waals surface area (Å²) in [6.45, 7) is 18.3. The van der Waals surface area contributed by atoms with Crippen molar-refractivity contribution in [2.45, 2.75) is 192 Å². The van der Waals surface area contributed by atoms with Crippen LogP contribution >= 0.6 is 0 Å². The molecule has 0 radical (unpaired) electrons. The zero-order valence-electron chi connectivity index (χ0n) is 49.5. The highest BCUT2D eigenvalue weighted by atomic mass is 16.7. The van der Waals surface area contributed by atoms with Gasteiger partial charge in [0.1, 0.15) is 35.5 Å². The predicted molar refractivity (Wildman–Crippen MR) is 295 cm³/mol. The second-order valence-corrected chi connectivity index (χ2v) is 23.5. The van der Waals surface area contributed by atoms with Gasteiger partial charge in [-0.1, -0.05) is 38.9 Å². The van der Waals surface area contributed by atoms with Gasteiger partial charge in [0.15, 0.2) is 12.6 Å². The Morgan fingerprint density at radius 2 is 1.63 bits per heavy atom. The van der Waals surface area contributed by atoms with Gasteiger partial charge in [0.2, 0.25) is 12.0 Å². The number of hydrogen-bond donors (Lipinski definition) is 5. The fourth-order valence-corrected chi connectivity index (χ4v) is 12.0. The number of carboxylic acids is 1. The lowest BCUT2D eigenvalue weighted by Gasteiger charge is -2.49. The van der Waals surface area contributed by atoms with Crippen LogP contribution in [-0.4, -0.2) is 211 Å². The summed E-state index contributed by atoms with van der Waals surface area (Å²) in [7, 11) is 10.8. The van der Waals surface area contributed by atoms with E-state index in [1.54, 1.807) is 78.5 Å². The van der Waals surface area contributed by atoms with Crippen LogP contribution in [0.15, 0.2) is 34.3 Å². The van der Waals surface area contributed by atoms with E-state index in [0.29, 0.717) is 43.4 Å².